The van der Waals surface area contributed by atoms with Gasteiger partial charge in [0.1, 0.15) is 0 Å². The van der Waals surface area contributed by atoms with Crippen LogP contribution in [0.3, 0.4) is 0 Å². The van der Waals surface area contributed by atoms with Crippen molar-refractivity contribution in [2.75, 3.05) is 29.9 Å². The molecule has 0 spiro atoms. The van der Waals surface area contributed by atoms with Crippen molar-refractivity contribution >= 4 is 72.0 Å². The zero-order valence-corrected chi connectivity index (χ0v) is 24.7. The number of aromatic amines is 1. The number of aryl methyl sites for hydroxylation is 1. The van der Waals surface area contributed by atoms with Crippen molar-refractivity contribution in [3.63, 3.8) is 0 Å². The van der Waals surface area contributed by atoms with Gasteiger partial charge in [0.05, 0.1) is 33.3 Å². The monoisotopic (exact) mass is 621 g/mol. The van der Waals surface area contributed by atoms with Crippen LogP contribution in [0.5, 0.6) is 0 Å². The second kappa shape index (κ2) is 10.4. The standard InChI is InChI=1S/C27H25Cl2N3O6S2/c1-15-24(30-16(2)25(15)27(34)32-8-10-39(35,36)11-9-32)13-19-18-12-17(6-7-23(18)31-26(19)33)40(37,38)14-20-21(28)4-3-5-22(20)29/h3-7,12-13,30H,8-11,14H2,1-2H3,(H,31,33)/b19-13-. The first-order valence-corrected chi connectivity index (χ1v) is 16.5. The Hall–Kier alpha value is -3.12. The van der Waals surface area contributed by atoms with Gasteiger partial charge in [-0.25, -0.2) is 16.8 Å². The maximum atomic E-state index is 13.3. The lowest BCUT2D eigenvalue weighted by molar-refractivity contribution is -0.110. The molecule has 1 aromatic heterocycles. The molecule has 0 unspecified atom stereocenters. The number of sulfone groups is 2. The van der Waals surface area contributed by atoms with Crippen molar-refractivity contribution in [1.29, 1.82) is 0 Å². The number of aromatic nitrogens is 1. The van der Waals surface area contributed by atoms with Crippen LogP contribution in [-0.4, -0.2) is 63.1 Å². The number of hydrogen-bond donors (Lipinski definition) is 2. The lowest BCUT2D eigenvalue weighted by atomic mass is 10.0. The molecule has 2 aliphatic heterocycles. The van der Waals surface area contributed by atoms with Crippen LogP contribution >= 0.6 is 23.2 Å². The topological polar surface area (TPSA) is 133 Å². The number of rotatable bonds is 5. The number of H-pyrrole nitrogens is 1. The van der Waals surface area contributed by atoms with Crippen LogP contribution in [0.25, 0.3) is 11.6 Å². The summed E-state index contributed by atoms with van der Waals surface area (Å²) >= 11 is 12.4. The fourth-order valence-corrected chi connectivity index (χ4v) is 8.23. The molecule has 0 aliphatic carbocycles. The van der Waals surface area contributed by atoms with E-state index in [1.807, 2.05) is 0 Å². The highest BCUT2D eigenvalue weighted by atomic mass is 35.5. The molecule has 210 valence electrons. The molecule has 1 saturated heterocycles. The van der Waals surface area contributed by atoms with E-state index in [1.54, 1.807) is 38.1 Å². The average molecular weight is 623 g/mol. The SMILES string of the molecule is Cc1[nH]c(/C=C2\C(=O)Nc3ccc(S(=O)(=O)Cc4c(Cl)cccc4Cl)cc32)c(C)c1C(=O)N1CCS(=O)(=O)CC1. The minimum Gasteiger partial charge on any atom is -0.358 e. The zero-order chi connectivity index (χ0) is 29.0. The molecule has 0 radical (unpaired) electrons. The van der Waals surface area contributed by atoms with E-state index in [0.717, 1.165) is 0 Å². The molecular weight excluding hydrogens is 597 g/mol. The number of halogens is 2. The van der Waals surface area contributed by atoms with Gasteiger partial charge >= 0.3 is 0 Å². The van der Waals surface area contributed by atoms with E-state index in [2.05, 4.69) is 10.3 Å². The molecule has 9 nitrogen and oxygen atoms in total. The summed E-state index contributed by atoms with van der Waals surface area (Å²) in [4.78, 5) is 30.8. The third-order valence-electron chi connectivity index (χ3n) is 7.14. The summed E-state index contributed by atoms with van der Waals surface area (Å²) in [6.45, 7) is 3.71. The van der Waals surface area contributed by atoms with Crippen molar-refractivity contribution in [3.05, 3.63) is 80.1 Å². The molecule has 0 bridgehead atoms. The number of benzene rings is 2. The van der Waals surface area contributed by atoms with E-state index in [1.165, 1.54) is 23.1 Å². The van der Waals surface area contributed by atoms with Crippen LogP contribution in [0.1, 0.15) is 38.4 Å². The summed E-state index contributed by atoms with van der Waals surface area (Å²) in [7, 11) is -7.02. The van der Waals surface area contributed by atoms with Gasteiger partial charge in [0.2, 0.25) is 0 Å². The van der Waals surface area contributed by atoms with E-state index in [0.29, 0.717) is 33.8 Å². The predicted octanol–water partition coefficient (Wildman–Crippen LogP) is 4.28. The lowest BCUT2D eigenvalue weighted by Gasteiger charge is -2.27. The number of fused-ring (bicyclic) bond motifs is 1. The van der Waals surface area contributed by atoms with Crippen LogP contribution in [0.2, 0.25) is 10.0 Å². The third kappa shape index (κ3) is 5.30. The molecule has 1 fully saturated rings. The first kappa shape index (κ1) is 28.4. The van der Waals surface area contributed by atoms with Crippen LogP contribution in [-0.2, 0) is 30.2 Å². The first-order valence-electron chi connectivity index (χ1n) is 12.3. The second-order valence-corrected chi connectivity index (χ2v) is 14.9. The average Bonchev–Trinajstić information content (AvgIpc) is 3.35. The van der Waals surface area contributed by atoms with Crippen molar-refractivity contribution in [3.8, 4) is 0 Å². The largest absolute Gasteiger partial charge is 0.358 e. The Morgan fingerprint density at radius 1 is 1.07 bits per heavy atom. The number of nitrogens with zero attached hydrogens (tertiary/aromatic N) is 1. The minimum absolute atomic E-state index is 0.0000535. The Kier molecular flexibility index (Phi) is 7.37. The molecule has 2 aromatic carbocycles. The summed E-state index contributed by atoms with van der Waals surface area (Å²) in [6, 6.07) is 9.15. The van der Waals surface area contributed by atoms with E-state index < -0.39 is 31.3 Å². The number of carbonyl (C=O) groups excluding carboxylic acids is 2. The molecule has 13 heteroatoms. The molecule has 3 heterocycles. The second-order valence-electron chi connectivity index (χ2n) is 9.79. The van der Waals surface area contributed by atoms with Gasteiger partial charge < -0.3 is 15.2 Å². The Morgan fingerprint density at radius 3 is 2.38 bits per heavy atom. The summed E-state index contributed by atoms with van der Waals surface area (Å²) in [5.41, 5.74) is 3.48. The molecular formula is C27H25Cl2N3O6S2. The van der Waals surface area contributed by atoms with Crippen LogP contribution in [0.4, 0.5) is 5.69 Å². The normalized spacial score (nSPS) is 17.6. The Balaban J connectivity index is 1.48. The number of hydrogen-bond acceptors (Lipinski definition) is 6. The third-order valence-corrected chi connectivity index (χ3v) is 11.1. The summed E-state index contributed by atoms with van der Waals surface area (Å²) in [5, 5.41) is 3.23. The molecule has 2 aliphatic rings. The van der Waals surface area contributed by atoms with E-state index in [4.69, 9.17) is 23.2 Å². The maximum Gasteiger partial charge on any atom is 0.256 e. The molecule has 0 saturated carbocycles. The van der Waals surface area contributed by atoms with Gasteiger partial charge in [-0.2, -0.15) is 0 Å². The summed E-state index contributed by atoms with van der Waals surface area (Å²) < 4.78 is 50.2. The molecule has 2 amide bonds. The van der Waals surface area contributed by atoms with Gasteiger partial charge in [-0.3, -0.25) is 9.59 Å². The predicted molar refractivity (Wildman–Crippen MR) is 155 cm³/mol. The number of nitrogens with one attached hydrogen (secondary N) is 2. The lowest BCUT2D eigenvalue weighted by Crippen LogP contribution is -2.44. The van der Waals surface area contributed by atoms with Crippen molar-refractivity contribution < 1.29 is 26.4 Å². The van der Waals surface area contributed by atoms with Crippen LogP contribution in [0, 0.1) is 13.8 Å². The van der Waals surface area contributed by atoms with E-state index >= 15 is 0 Å². The first-order chi connectivity index (χ1) is 18.8. The maximum absolute atomic E-state index is 13.3. The summed E-state index contributed by atoms with van der Waals surface area (Å²) in [6.07, 6.45) is 1.59. The smallest absolute Gasteiger partial charge is 0.256 e. The fraction of sp³-hybridized carbons (Fsp3) is 0.259. The molecule has 3 aromatic rings. The van der Waals surface area contributed by atoms with Gasteiger partial charge in [0, 0.05) is 51.3 Å². The van der Waals surface area contributed by atoms with Crippen LogP contribution in [0.15, 0.2) is 41.3 Å². The Labute approximate surface area is 242 Å². The molecule has 2 N–H and O–H groups in total. The van der Waals surface area contributed by atoms with Crippen molar-refractivity contribution in [2.24, 2.45) is 0 Å². The minimum atomic E-state index is -3.87. The summed E-state index contributed by atoms with van der Waals surface area (Å²) in [5.74, 6) is -1.28. The van der Waals surface area contributed by atoms with Gasteiger partial charge in [0.25, 0.3) is 11.8 Å². The highest BCUT2D eigenvalue weighted by Crippen LogP contribution is 2.37. The van der Waals surface area contributed by atoms with Gasteiger partial charge in [-0.1, -0.05) is 29.3 Å². The Morgan fingerprint density at radius 2 is 1.73 bits per heavy atom. The number of amides is 2. The molecule has 0 atom stereocenters. The van der Waals surface area contributed by atoms with Gasteiger partial charge in [-0.05, 0) is 55.8 Å². The highest BCUT2D eigenvalue weighted by Gasteiger charge is 2.31. The quantitative estimate of drug-likeness (QED) is 0.409. The Bertz CT molecular complexity index is 1790. The van der Waals surface area contributed by atoms with Gasteiger partial charge in [-0.15, -0.1) is 0 Å². The molecule has 40 heavy (non-hydrogen) atoms. The van der Waals surface area contributed by atoms with E-state index in [-0.39, 0.29) is 56.6 Å². The number of anilines is 1. The zero-order valence-electron chi connectivity index (χ0n) is 21.5. The van der Waals surface area contributed by atoms with Crippen LogP contribution < -0.4 is 5.32 Å². The van der Waals surface area contributed by atoms with Crippen molar-refractivity contribution in [1.82, 2.24) is 9.88 Å². The van der Waals surface area contributed by atoms with Gasteiger partial charge in [0.15, 0.2) is 19.7 Å². The number of carbonyl (C=O) groups is 2. The fourth-order valence-electron chi connectivity index (χ4n) is 4.90. The highest BCUT2D eigenvalue weighted by molar-refractivity contribution is 7.91. The van der Waals surface area contributed by atoms with Crippen molar-refractivity contribution in [2.45, 2.75) is 24.5 Å². The molecule has 5 rings (SSSR count). The van der Waals surface area contributed by atoms with E-state index in [9.17, 15) is 26.4 Å².